The second kappa shape index (κ2) is 9.35. The van der Waals surface area contributed by atoms with Gasteiger partial charge in [-0.05, 0) is 60.8 Å². The highest BCUT2D eigenvalue weighted by Crippen LogP contribution is 2.74. The van der Waals surface area contributed by atoms with Gasteiger partial charge in [-0.1, -0.05) is 86.6 Å². The normalized spacial score (nSPS) is 30.9. The molecule has 216 valence electrons. The van der Waals surface area contributed by atoms with Crippen molar-refractivity contribution in [2.45, 2.75) is 63.8 Å². The Kier molecular flexibility index (Phi) is 6.02. The van der Waals surface area contributed by atoms with Gasteiger partial charge in [-0.15, -0.1) is 0 Å². The van der Waals surface area contributed by atoms with Gasteiger partial charge >= 0.3 is 5.97 Å². The number of methoxy groups -OCH3 is 1. The molecule has 2 bridgehead atoms. The average Bonchev–Trinajstić information content (AvgIpc) is 3.42. The van der Waals surface area contributed by atoms with E-state index in [1.54, 1.807) is 36.4 Å². The third-order valence-corrected chi connectivity index (χ3v) is 11.0. The maximum Gasteiger partial charge on any atom is 0.327 e. The molecule has 3 fully saturated rings. The Hall–Kier alpha value is -3.81. The van der Waals surface area contributed by atoms with Crippen molar-refractivity contribution in [2.75, 3.05) is 7.11 Å². The first-order chi connectivity index (χ1) is 20.2. The van der Waals surface area contributed by atoms with Crippen LogP contribution in [-0.2, 0) is 19.9 Å². The number of esters is 1. The first-order valence-corrected chi connectivity index (χ1v) is 14.8. The highest BCUT2D eigenvalue weighted by Gasteiger charge is 2.75. The Bertz CT molecular complexity index is 1500. The van der Waals surface area contributed by atoms with Gasteiger partial charge < -0.3 is 9.47 Å². The smallest absolute Gasteiger partial charge is 0.327 e. The van der Waals surface area contributed by atoms with Crippen LogP contribution in [0, 0.1) is 16.7 Å². The van der Waals surface area contributed by atoms with Crippen LogP contribution in [0.5, 0.6) is 0 Å². The zero-order valence-corrected chi connectivity index (χ0v) is 24.4. The summed E-state index contributed by atoms with van der Waals surface area (Å²) in [5.41, 5.74) is 1.14. The monoisotopic (exact) mass is 564 g/mol. The van der Waals surface area contributed by atoms with Crippen molar-refractivity contribution in [1.29, 1.82) is 0 Å². The van der Waals surface area contributed by atoms with Crippen LogP contribution in [0.15, 0.2) is 84.9 Å². The number of benzene rings is 3. The number of fused-ring (bicyclic) bond motifs is 3. The quantitative estimate of drug-likeness (QED) is 0.211. The van der Waals surface area contributed by atoms with Crippen LogP contribution in [0.3, 0.4) is 0 Å². The number of imide groups is 1. The molecule has 6 atom stereocenters. The maximum atomic E-state index is 14.0. The number of hydrogen-bond acceptors (Lipinski definition) is 6. The molecule has 0 radical (unpaired) electrons. The molecular weight excluding hydrogens is 528 g/mol. The maximum absolute atomic E-state index is 14.0. The van der Waals surface area contributed by atoms with E-state index in [2.05, 4.69) is 38.1 Å². The van der Waals surface area contributed by atoms with E-state index in [0.717, 1.165) is 35.4 Å². The highest BCUT2D eigenvalue weighted by atomic mass is 16.6. The third-order valence-electron chi connectivity index (χ3n) is 11.0. The Morgan fingerprint density at radius 3 is 1.88 bits per heavy atom. The summed E-state index contributed by atoms with van der Waals surface area (Å²) < 4.78 is 13.3. The number of amides is 2. The molecule has 7 rings (SSSR count). The van der Waals surface area contributed by atoms with Gasteiger partial charge in [-0.2, -0.15) is 5.01 Å². The molecule has 3 aromatic carbocycles. The molecule has 1 saturated heterocycles. The first kappa shape index (κ1) is 27.0. The van der Waals surface area contributed by atoms with Gasteiger partial charge in [0.1, 0.15) is 17.7 Å². The van der Waals surface area contributed by atoms with E-state index in [0.29, 0.717) is 17.0 Å². The zero-order valence-electron chi connectivity index (χ0n) is 24.4. The third kappa shape index (κ3) is 3.32. The van der Waals surface area contributed by atoms with Crippen molar-refractivity contribution in [2.24, 2.45) is 16.7 Å². The molecule has 7 heteroatoms. The lowest BCUT2D eigenvalue weighted by Gasteiger charge is -2.55. The molecule has 2 heterocycles. The zero-order chi connectivity index (χ0) is 29.4. The Morgan fingerprint density at radius 1 is 0.857 bits per heavy atom. The lowest BCUT2D eigenvalue weighted by atomic mass is 9.54. The molecule has 1 unspecified atom stereocenters. The molecule has 42 heavy (non-hydrogen) atoms. The predicted molar refractivity (Wildman–Crippen MR) is 156 cm³/mol. The Labute approximate surface area is 246 Å². The van der Waals surface area contributed by atoms with Crippen LogP contribution in [0.2, 0.25) is 0 Å². The summed E-state index contributed by atoms with van der Waals surface area (Å²) in [4.78, 5) is 40.3. The number of carbonyl (C=O) groups excluding carboxylic acids is 3. The standard InChI is InChI=1S/C35H36N2O5/c1-22-29(36(22)37-30(38)26-17-11-12-18-27(26)31(37)39)32(40)42-28-21-25-19-20-34(28,33(25,2)3)35(41-4,23-13-7-5-8-14-23)24-15-9-6-10-16-24/h5-18,22,25,28-29H,19-21H2,1-4H3/t22-,25+,28+,29+,34+,36?/m0/s1. The molecule has 2 saturated carbocycles. The van der Waals surface area contributed by atoms with Gasteiger partial charge in [0, 0.05) is 7.11 Å². The number of carbonyl (C=O) groups is 3. The van der Waals surface area contributed by atoms with Crippen molar-refractivity contribution in [3.63, 3.8) is 0 Å². The van der Waals surface area contributed by atoms with E-state index in [9.17, 15) is 14.4 Å². The number of nitrogens with zero attached hydrogens (tertiary/aromatic N) is 2. The van der Waals surface area contributed by atoms with E-state index in [4.69, 9.17) is 9.47 Å². The molecule has 0 aromatic heterocycles. The lowest BCUT2D eigenvalue weighted by molar-refractivity contribution is -0.193. The summed E-state index contributed by atoms with van der Waals surface area (Å²) in [6.07, 6.45) is 2.17. The van der Waals surface area contributed by atoms with E-state index < -0.39 is 40.9 Å². The summed E-state index contributed by atoms with van der Waals surface area (Å²) in [7, 11) is 1.77. The van der Waals surface area contributed by atoms with Crippen LogP contribution in [0.25, 0.3) is 0 Å². The van der Waals surface area contributed by atoms with E-state index in [1.165, 1.54) is 0 Å². The minimum Gasteiger partial charge on any atom is -0.460 e. The SMILES string of the molecule is COC(c1ccccc1)(c1ccccc1)[C@]12CC[C@H](C[C@H]1OC(=O)[C@H]1[C@H](C)N1N1C(=O)c3ccccc3C1=O)C2(C)C. The molecule has 2 amide bonds. The van der Waals surface area contributed by atoms with Gasteiger partial charge in [0.05, 0.1) is 22.6 Å². The highest BCUT2D eigenvalue weighted by molar-refractivity contribution is 6.21. The molecule has 0 N–H and O–H groups in total. The number of rotatable bonds is 7. The topological polar surface area (TPSA) is 75.9 Å². The van der Waals surface area contributed by atoms with Gasteiger partial charge in [0.15, 0.2) is 0 Å². The van der Waals surface area contributed by atoms with Crippen molar-refractivity contribution < 1.29 is 23.9 Å². The minimum absolute atomic E-state index is 0.211. The summed E-state index contributed by atoms with van der Waals surface area (Å²) >= 11 is 0. The lowest BCUT2D eigenvalue weighted by Crippen LogP contribution is -2.58. The van der Waals surface area contributed by atoms with Gasteiger partial charge in [0.25, 0.3) is 11.8 Å². The summed E-state index contributed by atoms with van der Waals surface area (Å²) in [6, 6.07) is 26.3. The van der Waals surface area contributed by atoms with E-state index >= 15 is 0 Å². The van der Waals surface area contributed by atoms with Crippen molar-refractivity contribution in [3.05, 3.63) is 107 Å². The van der Waals surface area contributed by atoms with Crippen LogP contribution in [-0.4, -0.2) is 53.1 Å². The van der Waals surface area contributed by atoms with Crippen LogP contribution >= 0.6 is 0 Å². The van der Waals surface area contributed by atoms with Crippen molar-refractivity contribution in [3.8, 4) is 0 Å². The summed E-state index contributed by atoms with van der Waals surface area (Å²) in [6.45, 7) is 6.44. The largest absolute Gasteiger partial charge is 0.460 e. The van der Waals surface area contributed by atoms with E-state index in [-0.39, 0.29) is 11.5 Å². The molecular formula is C35H36N2O5. The van der Waals surface area contributed by atoms with Gasteiger partial charge in [0.2, 0.25) is 0 Å². The molecule has 0 spiro atoms. The second-order valence-corrected chi connectivity index (χ2v) is 12.7. The molecule has 2 aliphatic carbocycles. The molecule has 7 nitrogen and oxygen atoms in total. The van der Waals surface area contributed by atoms with E-state index in [1.807, 2.05) is 43.3 Å². The summed E-state index contributed by atoms with van der Waals surface area (Å²) in [5, 5.41) is 2.69. The molecule has 2 aliphatic heterocycles. The molecule has 4 aliphatic rings. The number of hydrazine groups is 1. The molecule has 3 aromatic rings. The Morgan fingerprint density at radius 2 is 1.38 bits per heavy atom. The first-order valence-electron chi connectivity index (χ1n) is 14.8. The van der Waals surface area contributed by atoms with Crippen LogP contribution < -0.4 is 0 Å². The van der Waals surface area contributed by atoms with Gasteiger partial charge in [-0.25, -0.2) is 5.01 Å². The van der Waals surface area contributed by atoms with Crippen LogP contribution in [0.1, 0.15) is 71.9 Å². The minimum atomic E-state index is -0.868. The fourth-order valence-electron chi connectivity index (χ4n) is 8.89. The van der Waals surface area contributed by atoms with Gasteiger partial charge in [-0.3, -0.25) is 14.4 Å². The summed E-state index contributed by atoms with van der Waals surface area (Å²) in [5.74, 6) is -0.859. The average molecular weight is 565 g/mol. The second-order valence-electron chi connectivity index (χ2n) is 12.7. The number of hydrogen-bond donors (Lipinski definition) is 0. The fourth-order valence-corrected chi connectivity index (χ4v) is 8.89. The van der Waals surface area contributed by atoms with Crippen LogP contribution in [0.4, 0.5) is 0 Å². The van der Waals surface area contributed by atoms with Crippen molar-refractivity contribution >= 4 is 17.8 Å². The fraction of sp³-hybridized carbons (Fsp3) is 0.400. The number of ether oxygens (including phenoxy) is 2. The Balaban J connectivity index is 1.26. The van der Waals surface area contributed by atoms with Crippen molar-refractivity contribution in [1.82, 2.24) is 10.0 Å². The predicted octanol–water partition coefficient (Wildman–Crippen LogP) is 5.60.